The predicted molar refractivity (Wildman–Crippen MR) is 96.6 cm³/mol. The molecule has 1 aromatic carbocycles. The molecule has 1 aliphatic heterocycles. The number of aromatic nitrogens is 5. The van der Waals surface area contributed by atoms with E-state index < -0.39 is 0 Å². The van der Waals surface area contributed by atoms with Gasteiger partial charge in [-0.3, -0.25) is 14.6 Å². The maximum Gasteiger partial charge on any atom is 0.345 e. The van der Waals surface area contributed by atoms with Crippen molar-refractivity contribution in [3.8, 4) is 17.0 Å². The number of hydrogen-bond donors (Lipinski definition) is 2. The Kier molecular flexibility index (Phi) is 4.34. The standard InChI is InChI=1S/C18H22N6O2/c1-2-7-24-18(26)23-9-8-22(12-16(23)21-24)11-14-10-19-20-17(14)13-3-5-15(25)6-4-13/h3-6,10,25H,2,7-9,11-12H2,1H3,(H,19,20). The van der Waals surface area contributed by atoms with Crippen LogP contribution in [0.1, 0.15) is 24.7 Å². The van der Waals surface area contributed by atoms with Gasteiger partial charge in [-0.2, -0.15) is 10.2 Å². The highest BCUT2D eigenvalue weighted by molar-refractivity contribution is 5.63. The van der Waals surface area contributed by atoms with Crippen molar-refractivity contribution in [1.82, 2.24) is 29.4 Å². The van der Waals surface area contributed by atoms with Crippen molar-refractivity contribution in [2.45, 2.75) is 39.5 Å². The number of hydrogen-bond acceptors (Lipinski definition) is 5. The van der Waals surface area contributed by atoms with Gasteiger partial charge in [-0.1, -0.05) is 6.92 Å². The van der Waals surface area contributed by atoms with E-state index in [1.165, 1.54) is 0 Å². The molecule has 136 valence electrons. The molecule has 0 fully saturated rings. The SMILES string of the molecule is CCCn1nc2n(c1=O)CCN(Cc1cn[nH]c1-c1ccc(O)cc1)C2. The zero-order valence-electron chi connectivity index (χ0n) is 14.7. The fraction of sp³-hybridized carbons (Fsp3) is 0.389. The lowest BCUT2D eigenvalue weighted by Crippen LogP contribution is -2.37. The summed E-state index contributed by atoms with van der Waals surface area (Å²) in [5, 5.41) is 21.2. The number of aryl methyl sites for hydroxylation is 1. The zero-order chi connectivity index (χ0) is 18.1. The lowest BCUT2D eigenvalue weighted by Gasteiger charge is -2.26. The van der Waals surface area contributed by atoms with Gasteiger partial charge in [0.05, 0.1) is 18.4 Å². The molecule has 0 atom stereocenters. The predicted octanol–water partition coefficient (Wildman–Crippen LogP) is 1.57. The van der Waals surface area contributed by atoms with Crippen molar-refractivity contribution in [1.29, 1.82) is 0 Å². The summed E-state index contributed by atoms with van der Waals surface area (Å²) >= 11 is 0. The van der Waals surface area contributed by atoms with Crippen molar-refractivity contribution in [3.63, 3.8) is 0 Å². The second-order valence-electron chi connectivity index (χ2n) is 6.60. The van der Waals surface area contributed by atoms with E-state index in [9.17, 15) is 9.90 Å². The Balaban J connectivity index is 1.53. The summed E-state index contributed by atoms with van der Waals surface area (Å²) in [6.07, 6.45) is 2.73. The van der Waals surface area contributed by atoms with E-state index in [2.05, 4.69) is 20.2 Å². The first-order valence-electron chi connectivity index (χ1n) is 8.86. The van der Waals surface area contributed by atoms with E-state index in [1.807, 2.05) is 25.3 Å². The molecule has 1 aliphatic rings. The number of fused-ring (bicyclic) bond motifs is 1. The highest BCUT2D eigenvalue weighted by atomic mass is 16.3. The number of H-pyrrole nitrogens is 1. The largest absolute Gasteiger partial charge is 0.508 e. The summed E-state index contributed by atoms with van der Waals surface area (Å²) < 4.78 is 3.35. The molecular formula is C18H22N6O2. The molecule has 0 spiro atoms. The van der Waals surface area contributed by atoms with Crippen molar-refractivity contribution in [2.24, 2.45) is 0 Å². The minimum Gasteiger partial charge on any atom is -0.508 e. The smallest absolute Gasteiger partial charge is 0.345 e. The van der Waals surface area contributed by atoms with Crippen LogP contribution in [0.2, 0.25) is 0 Å². The molecule has 0 saturated carbocycles. The minimum absolute atomic E-state index is 0.00501. The summed E-state index contributed by atoms with van der Waals surface area (Å²) in [5.41, 5.74) is 3.01. The molecule has 2 N–H and O–H groups in total. The van der Waals surface area contributed by atoms with Crippen LogP contribution in [0.3, 0.4) is 0 Å². The van der Waals surface area contributed by atoms with Gasteiger partial charge in [-0.05, 0) is 30.7 Å². The fourth-order valence-corrected chi connectivity index (χ4v) is 3.39. The second kappa shape index (κ2) is 6.80. The first-order chi connectivity index (χ1) is 12.7. The van der Waals surface area contributed by atoms with Crippen LogP contribution in [-0.2, 0) is 26.2 Å². The van der Waals surface area contributed by atoms with Gasteiger partial charge in [0.25, 0.3) is 0 Å². The number of nitrogens with zero attached hydrogens (tertiary/aromatic N) is 5. The minimum atomic E-state index is -0.00501. The van der Waals surface area contributed by atoms with E-state index in [1.54, 1.807) is 21.4 Å². The van der Waals surface area contributed by atoms with Crippen LogP contribution >= 0.6 is 0 Å². The Labute approximate surface area is 150 Å². The lowest BCUT2D eigenvalue weighted by molar-refractivity contribution is 0.207. The molecule has 0 saturated heterocycles. The Morgan fingerprint density at radius 3 is 2.81 bits per heavy atom. The molecule has 0 amide bonds. The molecule has 0 aliphatic carbocycles. The van der Waals surface area contributed by atoms with E-state index in [-0.39, 0.29) is 11.4 Å². The molecule has 0 unspecified atom stereocenters. The number of rotatable bonds is 5. The number of aromatic hydroxyl groups is 1. The van der Waals surface area contributed by atoms with Crippen LogP contribution in [-0.4, -0.2) is 41.1 Å². The van der Waals surface area contributed by atoms with Gasteiger partial charge in [-0.25, -0.2) is 9.48 Å². The Morgan fingerprint density at radius 2 is 2.04 bits per heavy atom. The normalized spacial score (nSPS) is 14.5. The quantitative estimate of drug-likeness (QED) is 0.726. The highest BCUT2D eigenvalue weighted by Gasteiger charge is 2.22. The molecule has 3 aromatic rings. The van der Waals surface area contributed by atoms with Crippen molar-refractivity contribution in [3.05, 3.63) is 52.3 Å². The van der Waals surface area contributed by atoms with Gasteiger partial charge in [0.2, 0.25) is 0 Å². The number of phenols is 1. The zero-order valence-corrected chi connectivity index (χ0v) is 14.7. The van der Waals surface area contributed by atoms with E-state index in [0.29, 0.717) is 19.6 Å². The van der Waals surface area contributed by atoms with Crippen molar-refractivity contribution >= 4 is 0 Å². The van der Waals surface area contributed by atoms with E-state index >= 15 is 0 Å². The van der Waals surface area contributed by atoms with Crippen LogP contribution in [0, 0.1) is 0 Å². The van der Waals surface area contributed by atoms with Crippen LogP contribution in [0.4, 0.5) is 0 Å². The average molecular weight is 354 g/mol. The number of benzene rings is 1. The highest BCUT2D eigenvalue weighted by Crippen LogP contribution is 2.25. The summed E-state index contributed by atoms with van der Waals surface area (Å²) in [6.45, 7) is 5.52. The van der Waals surface area contributed by atoms with Gasteiger partial charge in [0.1, 0.15) is 11.6 Å². The summed E-state index contributed by atoms with van der Waals surface area (Å²) in [5.74, 6) is 1.07. The molecule has 4 rings (SSSR count). The van der Waals surface area contributed by atoms with Gasteiger partial charge in [0.15, 0.2) is 0 Å². The molecular weight excluding hydrogens is 332 g/mol. The molecule has 8 heteroatoms. The summed E-state index contributed by atoms with van der Waals surface area (Å²) in [4.78, 5) is 14.6. The third-order valence-electron chi connectivity index (χ3n) is 4.71. The maximum atomic E-state index is 12.3. The fourth-order valence-electron chi connectivity index (χ4n) is 3.39. The van der Waals surface area contributed by atoms with Crippen molar-refractivity contribution in [2.75, 3.05) is 6.54 Å². The molecule has 2 aromatic heterocycles. The second-order valence-corrected chi connectivity index (χ2v) is 6.60. The Morgan fingerprint density at radius 1 is 1.23 bits per heavy atom. The third kappa shape index (κ3) is 3.03. The third-order valence-corrected chi connectivity index (χ3v) is 4.71. The van der Waals surface area contributed by atoms with Crippen LogP contribution < -0.4 is 5.69 Å². The van der Waals surface area contributed by atoms with Gasteiger partial charge in [0, 0.05) is 37.3 Å². The number of aromatic amines is 1. The van der Waals surface area contributed by atoms with Crippen LogP contribution in [0.25, 0.3) is 11.3 Å². The lowest BCUT2D eigenvalue weighted by atomic mass is 10.1. The number of phenolic OH excluding ortho intramolecular Hbond substituents is 1. The topological polar surface area (TPSA) is 92.0 Å². The van der Waals surface area contributed by atoms with Crippen LogP contribution in [0.5, 0.6) is 5.75 Å². The monoisotopic (exact) mass is 354 g/mol. The number of nitrogens with one attached hydrogen (secondary N) is 1. The first-order valence-corrected chi connectivity index (χ1v) is 8.86. The van der Waals surface area contributed by atoms with Gasteiger partial charge >= 0.3 is 5.69 Å². The van der Waals surface area contributed by atoms with Gasteiger partial charge in [-0.15, -0.1) is 0 Å². The molecule has 8 nitrogen and oxygen atoms in total. The first kappa shape index (κ1) is 16.6. The molecule has 0 bridgehead atoms. The summed E-state index contributed by atoms with van der Waals surface area (Å²) in [7, 11) is 0. The maximum absolute atomic E-state index is 12.3. The van der Waals surface area contributed by atoms with Crippen LogP contribution in [0.15, 0.2) is 35.3 Å². The molecule has 0 radical (unpaired) electrons. The van der Waals surface area contributed by atoms with Gasteiger partial charge < -0.3 is 5.11 Å². The Bertz CT molecular complexity index is 953. The van der Waals surface area contributed by atoms with E-state index in [0.717, 1.165) is 42.2 Å². The Hall–Kier alpha value is -2.87. The average Bonchev–Trinajstić information content (AvgIpc) is 3.21. The van der Waals surface area contributed by atoms with Crippen molar-refractivity contribution < 1.29 is 5.11 Å². The molecule has 26 heavy (non-hydrogen) atoms. The molecule has 3 heterocycles. The summed E-state index contributed by atoms with van der Waals surface area (Å²) in [6, 6.07) is 7.07. The van der Waals surface area contributed by atoms with E-state index in [4.69, 9.17) is 0 Å².